The van der Waals surface area contributed by atoms with Gasteiger partial charge in [-0.2, -0.15) is 0 Å². The Balaban J connectivity index is 1.29. The number of hydrogen-bond donors (Lipinski definition) is 5. The van der Waals surface area contributed by atoms with Gasteiger partial charge in [0.05, 0.1) is 16.9 Å². The number of carbonyl (C=O) groups excluding carboxylic acids is 2. The number of nitrogens with one attached hydrogen (secondary N) is 5. The zero-order chi connectivity index (χ0) is 23.7. The summed E-state index contributed by atoms with van der Waals surface area (Å²) in [6.07, 6.45) is 3.65. The van der Waals surface area contributed by atoms with E-state index < -0.39 is 0 Å². The van der Waals surface area contributed by atoms with E-state index in [4.69, 9.17) is 4.42 Å². The van der Waals surface area contributed by atoms with E-state index in [-0.39, 0.29) is 11.9 Å². The third kappa shape index (κ3) is 4.42. The predicted octanol–water partition coefficient (Wildman–Crippen LogP) is 6.10. The molecule has 1 aliphatic rings. The number of aromatic nitrogens is 1. The summed E-state index contributed by atoms with van der Waals surface area (Å²) in [5.41, 5.74) is 5.94. The van der Waals surface area contributed by atoms with Crippen LogP contribution in [0.2, 0.25) is 0 Å². The fourth-order valence-electron chi connectivity index (χ4n) is 3.89. The Bertz CT molecular complexity index is 1420. The smallest absolute Gasteiger partial charge is 0.323 e. The van der Waals surface area contributed by atoms with Crippen LogP contribution < -0.4 is 21.3 Å². The van der Waals surface area contributed by atoms with Gasteiger partial charge in [0.25, 0.3) is 5.91 Å². The lowest BCUT2D eigenvalue weighted by atomic mass is 10.1. The number of aryl methyl sites for hydroxylation is 2. The number of fused-ring (bicyclic) bond motifs is 1. The highest BCUT2D eigenvalue weighted by atomic mass is 16.3. The first kappa shape index (κ1) is 21.1. The van der Waals surface area contributed by atoms with Gasteiger partial charge in [0.15, 0.2) is 0 Å². The van der Waals surface area contributed by atoms with Crippen LogP contribution in [0.5, 0.6) is 0 Å². The van der Waals surface area contributed by atoms with E-state index in [1.54, 1.807) is 19.1 Å². The number of urea groups is 1. The fourth-order valence-corrected chi connectivity index (χ4v) is 3.89. The Morgan fingerprint density at radius 2 is 1.76 bits per heavy atom. The molecular formula is C26H23N5O3. The SMILES string of the molecule is Cc1cc(NC(=O)Nc2cccc(Nc3ccc4c(c3)NC(=O)/C4=C/c3ccc[nH]3)c2)c(C)o1. The van der Waals surface area contributed by atoms with Gasteiger partial charge in [-0.25, -0.2) is 4.79 Å². The third-order valence-corrected chi connectivity index (χ3v) is 5.42. The lowest BCUT2D eigenvalue weighted by Crippen LogP contribution is -2.19. The van der Waals surface area contributed by atoms with Gasteiger partial charge >= 0.3 is 6.03 Å². The minimum Gasteiger partial charge on any atom is -0.464 e. The van der Waals surface area contributed by atoms with Crippen molar-refractivity contribution in [2.75, 3.05) is 21.3 Å². The van der Waals surface area contributed by atoms with E-state index in [2.05, 4.69) is 26.3 Å². The van der Waals surface area contributed by atoms with Crippen molar-refractivity contribution >= 4 is 52.0 Å². The average Bonchev–Trinajstić information content (AvgIpc) is 3.49. The molecular weight excluding hydrogens is 430 g/mol. The summed E-state index contributed by atoms with van der Waals surface area (Å²) >= 11 is 0. The molecule has 4 aromatic rings. The topological polar surface area (TPSA) is 111 Å². The summed E-state index contributed by atoms with van der Waals surface area (Å²) in [7, 11) is 0. The van der Waals surface area contributed by atoms with Crippen LogP contribution in [0.4, 0.5) is 33.2 Å². The van der Waals surface area contributed by atoms with Crippen LogP contribution in [0.3, 0.4) is 0 Å². The molecule has 0 spiro atoms. The molecule has 3 amide bonds. The molecule has 0 bridgehead atoms. The van der Waals surface area contributed by atoms with Gasteiger partial charge < -0.3 is 30.7 Å². The molecule has 5 N–H and O–H groups in total. The van der Waals surface area contributed by atoms with E-state index in [1.165, 1.54) is 0 Å². The Morgan fingerprint density at radius 3 is 2.53 bits per heavy atom. The Kier molecular flexibility index (Phi) is 5.39. The van der Waals surface area contributed by atoms with Gasteiger partial charge in [-0.05, 0) is 62.4 Å². The number of H-pyrrole nitrogens is 1. The maximum atomic E-state index is 12.5. The Hall–Kier alpha value is -4.72. The molecule has 2 aromatic heterocycles. The molecule has 8 nitrogen and oxygen atoms in total. The van der Waals surface area contributed by atoms with Crippen LogP contribution in [0.15, 0.2) is 71.3 Å². The summed E-state index contributed by atoms with van der Waals surface area (Å²) < 4.78 is 5.44. The number of aromatic amines is 1. The lowest BCUT2D eigenvalue weighted by molar-refractivity contribution is -0.110. The first-order chi connectivity index (χ1) is 16.4. The molecule has 0 radical (unpaired) electrons. The molecule has 2 aromatic carbocycles. The summed E-state index contributed by atoms with van der Waals surface area (Å²) in [6.45, 7) is 3.62. The monoisotopic (exact) mass is 453 g/mol. The molecule has 5 rings (SSSR count). The highest BCUT2D eigenvalue weighted by Crippen LogP contribution is 2.35. The number of rotatable bonds is 5. The average molecular weight is 454 g/mol. The van der Waals surface area contributed by atoms with Crippen molar-refractivity contribution in [1.82, 2.24) is 4.98 Å². The van der Waals surface area contributed by atoms with Crippen molar-refractivity contribution in [3.63, 3.8) is 0 Å². The van der Waals surface area contributed by atoms with Crippen molar-refractivity contribution in [2.24, 2.45) is 0 Å². The van der Waals surface area contributed by atoms with E-state index in [0.717, 1.165) is 34.1 Å². The maximum Gasteiger partial charge on any atom is 0.323 e. The highest BCUT2D eigenvalue weighted by molar-refractivity contribution is 6.35. The molecule has 3 heterocycles. The summed E-state index contributed by atoms with van der Waals surface area (Å²) in [5.74, 6) is 1.25. The number of furan rings is 1. The van der Waals surface area contributed by atoms with Gasteiger partial charge in [0, 0.05) is 40.6 Å². The van der Waals surface area contributed by atoms with E-state index >= 15 is 0 Å². The minimum atomic E-state index is -0.359. The second kappa shape index (κ2) is 8.67. The molecule has 1 aliphatic heterocycles. The molecule has 0 saturated heterocycles. The van der Waals surface area contributed by atoms with E-state index in [0.29, 0.717) is 22.7 Å². The van der Waals surface area contributed by atoms with E-state index in [1.807, 2.05) is 67.7 Å². The third-order valence-electron chi connectivity index (χ3n) is 5.42. The lowest BCUT2D eigenvalue weighted by Gasteiger charge is -2.11. The molecule has 0 saturated carbocycles. The standard InChI is InChI=1S/C26H23N5O3/c1-15-11-23(16(2)34-15)31-26(33)29-19-6-3-5-18(12-19)28-20-8-9-21-22(13-17-7-4-10-27-17)25(32)30-24(21)14-20/h3-14,27-28H,1-2H3,(H,30,32)(H2,29,31,33)/b22-13+. The predicted molar refractivity (Wildman–Crippen MR) is 134 cm³/mol. The van der Waals surface area contributed by atoms with Crippen LogP contribution in [-0.2, 0) is 4.79 Å². The molecule has 0 unspecified atom stereocenters. The number of benzene rings is 2. The van der Waals surface area contributed by atoms with Gasteiger partial charge in [-0.15, -0.1) is 0 Å². The Labute approximate surface area is 196 Å². The zero-order valence-corrected chi connectivity index (χ0v) is 18.7. The largest absolute Gasteiger partial charge is 0.464 e. The number of carbonyl (C=O) groups is 2. The van der Waals surface area contributed by atoms with Gasteiger partial charge in [0.1, 0.15) is 11.5 Å². The van der Waals surface area contributed by atoms with E-state index in [9.17, 15) is 9.59 Å². The van der Waals surface area contributed by atoms with Crippen LogP contribution in [0.25, 0.3) is 11.6 Å². The summed E-state index contributed by atoms with van der Waals surface area (Å²) in [5, 5.41) is 11.9. The molecule has 0 fully saturated rings. The molecule has 0 atom stereocenters. The number of anilines is 5. The molecule has 0 aliphatic carbocycles. The molecule has 34 heavy (non-hydrogen) atoms. The van der Waals surface area contributed by atoms with Crippen molar-refractivity contribution in [3.05, 3.63) is 89.6 Å². The van der Waals surface area contributed by atoms with Gasteiger partial charge in [0.2, 0.25) is 0 Å². The Morgan fingerprint density at radius 1 is 0.941 bits per heavy atom. The highest BCUT2D eigenvalue weighted by Gasteiger charge is 2.24. The summed E-state index contributed by atoms with van der Waals surface area (Å²) in [4.78, 5) is 27.9. The molecule has 8 heteroatoms. The number of hydrogen-bond acceptors (Lipinski definition) is 4. The quantitative estimate of drug-likeness (QED) is 0.235. The van der Waals surface area contributed by atoms with Crippen molar-refractivity contribution in [3.8, 4) is 0 Å². The maximum absolute atomic E-state index is 12.5. The summed E-state index contributed by atoms with van der Waals surface area (Å²) in [6, 6.07) is 18.3. The molecule has 170 valence electrons. The van der Waals surface area contributed by atoms with Gasteiger partial charge in [-0.1, -0.05) is 12.1 Å². The van der Waals surface area contributed by atoms with Crippen molar-refractivity contribution in [2.45, 2.75) is 13.8 Å². The van der Waals surface area contributed by atoms with Crippen LogP contribution in [0.1, 0.15) is 22.8 Å². The first-order valence-corrected chi connectivity index (χ1v) is 10.8. The van der Waals surface area contributed by atoms with Gasteiger partial charge in [-0.3, -0.25) is 4.79 Å². The second-order valence-corrected chi connectivity index (χ2v) is 8.01. The second-order valence-electron chi connectivity index (χ2n) is 8.01. The normalized spacial score (nSPS) is 13.5. The first-order valence-electron chi connectivity index (χ1n) is 10.8. The van der Waals surface area contributed by atoms with Crippen LogP contribution >= 0.6 is 0 Å². The van der Waals surface area contributed by atoms with Crippen LogP contribution in [-0.4, -0.2) is 16.9 Å². The van der Waals surface area contributed by atoms with Crippen molar-refractivity contribution in [1.29, 1.82) is 0 Å². The van der Waals surface area contributed by atoms with Crippen molar-refractivity contribution < 1.29 is 14.0 Å². The number of amides is 3. The fraction of sp³-hybridized carbons (Fsp3) is 0.0769. The van der Waals surface area contributed by atoms with Crippen LogP contribution in [0, 0.1) is 13.8 Å². The minimum absolute atomic E-state index is 0.137. The zero-order valence-electron chi connectivity index (χ0n) is 18.7.